The number of aromatic nitrogens is 2. The molecule has 1 aromatic heterocycles. The maximum atomic E-state index is 11.8. The summed E-state index contributed by atoms with van der Waals surface area (Å²) in [7, 11) is 0. The number of hydrogen-bond acceptors (Lipinski definition) is 5. The molecule has 0 aliphatic heterocycles. The average molecular weight is 317 g/mol. The van der Waals surface area contributed by atoms with Crippen molar-refractivity contribution >= 4 is 23.2 Å². The summed E-state index contributed by atoms with van der Waals surface area (Å²) in [6.07, 6.45) is 1.74. The number of amides is 1. The van der Waals surface area contributed by atoms with Crippen LogP contribution < -0.4 is 10.9 Å². The fourth-order valence-corrected chi connectivity index (χ4v) is 2.09. The molecule has 118 valence electrons. The molecule has 2 N–H and O–H groups in total. The van der Waals surface area contributed by atoms with E-state index in [0.29, 0.717) is 31.7 Å². The molecule has 21 heavy (non-hydrogen) atoms. The van der Waals surface area contributed by atoms with Crippen molar-refractivity contribution in [3.8, 4) is 0 Å². The highest BCUT2D eigenvalue weighted by Crippen LogP contribution is 2.15. The van der Waals surface area contributed by atoms with Crippen molar-refractivity contribution < 1.29 is 9.90 Å². The Kier molecular flexibility index (Phi) is 7.18. The standard InChI is InChI=1S/C13H21ClN4O3/c1-3-17(4-2)11(20)5-6-15-10-9-16-18(7-8-19)13(21)12(10)14/h9,15,19H,3-8H2,1-2H3. The maximum absolute atomic E-state index is 11.8. The van der Waals surface area contributed by atoms with Gasteiger partial charge >= 0.3 is 0 Å². The maximum Gasteiger partial charge on any atom is 0.287 e. The van der Waals surface area contributed by atoms with Gasteiger partial charge in [0.15, 0.2) is 0 Å². The van der Waals surface area contributed by atoms with E-state index >= 15 is 0 Å². The third kappa shape index (κ3) is 4.71. The Labute approximate surface area is 128 Å². The zero-order chi connectivity index (χ0) is 15.8. The number of carbonyl (C=O) groups excluding carboxylic acids is 1. The summed E-state index contributed by atoms with van der Waals surface area (Å²) in [5.74, 6) is 0.0465. The van der Waals surface area contributed by atoms with Crippen LogP contribution in [0.15, 0.2) is 11.0 Å². The zero-order valence-corrected chi connectivity index (χ0v) is 13.1. The van der Waals surface area contributed by atoms with Crippen molar-refractivity contribution in [2.75, 3.05) is 31.6 Å². The number of nitrogens with one attached hydrogen (secondary N) is 1. The molecule has 0 saturated carbocycles. The number of rotatable bonds is 8. The van der Waals surface area contributed by atoms with E-state index in [2.05, 4.69) is 10.4 Å². The third-order valence-electron chi connectivity index (χ3n) is 3.07. The molecular formula is C13H21ClN4O3. The number of hydrogen-bond donors (Lipinski definition) is 2. The Morgan fingerprint density at radius 2 is 2.14 bits per heavy atom. The average Bonchev–Trinajstić information content (AvgIpc) is 2.48. The molecule has 1 amide bonds. The summed E-state index contributed by atoms with van der Waals surface area (Å²) >= 11 is 5.95. The summed E-state index contributed by atoms with van der Waals surface area (Å²) in [6.45, 7) is 5.49. The van der Waals surface area contributed by atoms with Gasteiger partial charge in [0.1, 0.15) is 5.02 Å². The molecule has 0 spiro atoms. The van der Waals surface area contributed by atoms with E-state index in [1.807, 2.05) is 13.8 Å². The van der Waals surface area contributed by atoms with Crippen LogP contribution in [-0.2, 0) is 11.3 Å². The molecule has 1 aromatic rings. The summed E-state index contributed by atoms with van der Waals surface area (Å²) in [5, 5.41) is 15.6. The van der Waals surface area contributed by atoms with Crippen molar-refractivity contribution in [1.29, 1.82) is 0 Å². The summed E-state index contributed by atoms with van der Waals surface area (Å²) < 4.78 is 1.09. The highest BCUT2D eigenvalue weighted by atomic mass is 35.5. The molecule has 0 aliphatic rings. The first-order chi connectivity index (χ1) is 10.0. The summed E-state index contributed by atoms with van der Waals surface area (Å²) in [6, 6.07) is 0. The molecule has 0 bridgehead atoms. The van der Waals surface area contributed by atoms with Gasteiger partial charge in [-0.25, -0.2) is 4.68 Å². The lowest BCUT2D eigenvalue weighted by atomic mass is 10.3. The zero-order valence-electron chi connectivity index (χ0n) is 12.3. The molecule has 0 radical (unpaired) electrons. The minimum Gasteiger partial charge on any atom is -0.394 e. The van der Waals surface area contributed by atoms with Crippen LogP contribution in [0.3, 0.4) is 0 Å². The SMILES string of the molecule is CCN(CC)C(=O)CCNc1cnn(CCO)c(=O)c1Cl. The van der Waals surface area contributed by atoms with E-state index in [-0.39, 0.29) is 24.1 Å². The number of nitrogens with zero attached hydrogens (tertiary/aromatic N) is 3. The number of halogens is 1. The first-order valence-corrected chi connectivity index (χ1v) is 7.31. The number of aliphatic hydroxyl groups excluding tert-OH is 1. The van der Waals surface area contributed by atoms with Crippen LogP contribution in [0, 0.1) is 0 Å². The van der Waals surface area contributed by atoms with Crippen molar-refractivity contribution in [3.05, 3.63) is 21.6 Å². The van der Waals surface area contributed by atoms with Crippen LogP contribution in [0.4, 0.5) is 5.69 Å². The fraction of sp³-hybridized carbons (Fsp3) is 0.615. The largest absolute Gasteiger partial charge is 0.394 e. The molecule has 8 heteroatoms. The lowest BCUT2D eigenvalue weighted by Gasteiger charge is -2.18. The molecule has 7 nitrogen and oxygen atoms in total. The van der Waals surface area contributed by atoms with Gasteiger partial charge < -0.3 is 15.3 Å². The van der Waals surface area contributed by atoms with Crippen LogP contribution >= 0.6 is 11.6 Å². The highest BCUT2D eigenvalue weighted by Gasteiger charge is 2.11. The van der Waals surface area contributed by atoms with E-state index in [9.17, 15) is 9.59 Å². The van der Waals surface area contributed by atoms with Crippen LogP contribution in [0.25, 0.3) is 0 Å². The molecule has 0 saturated heterocycles. The molecule has 1 rings (SSSR count). The minimum atomic E-state index is -0.467. The van der Waals surface area contributed by atoms with Gasteiger partial charge in [-0.05, 0) is 13.8 Å². The lowest BCUT2D eigenvalue weighted by molar-refractivity contribution is -0.130. The van der Waals surface area contributed by atoms with Crippen molar-refractivity contribution in [3.63, 3.8) is 0 Å². The molecule has 0 atom stereocenters. The Bertz CT molecular complexity index is 529. The minimum absolute atomic E-state index is 0.00809. The van der Waals surface area contributed by atoms with E-state index in [0.717, 1.165) is 4.68 Å². The second-order valence-corrected chi connectivity index (χ2v) is 4.74. The predicted octanol–water partition coefficient (Wildman–Crippen LogP) is 0.559. The van der Waals surface area contributed by atoms with E-state index in [1.165, 1.54) is 6.20 Å². The second kappa shape index (κ2) is 8.63. The molecular weight excluding hydrogens is 296 g/mol. The van der Waals surface area contributed by atoms with Crippen LogP contribution in [0.5, 0.6) is 0 Å². The van der Waals surface area contributed by atoms with E-state index < -0.39 is 5.56 Å². The fourth-order valence-electron chi connectivity index (χ4n) is 1.88. The van der Waals surface area contributed by atoms with E-state index in [1.54, 1.807) is 4.90 Å². The lowest BCUT2D eigenvalue weighted by Crippen LogP contribution is -2.32. The smallest absolute Gasteiger partial charge is 0.287 e. The number of carbonyl (C=O) groups is 1. The van der Waals surface area contributed by atoms with Gasteiger partial charge in [0, 0.05) is 26.1 Å². The molecule has 0 fully saturated rings. The molecule has 1 heterocycles. The second-order valence-electron chi connectivity index (χ2n) is 4.37. The van der Waals surface area contributed by atoms with Crippen LogP contribution in [0.2, 0.25) is 5.02 Å². The van der Waals surface area contributed by atoms with Gasteiger partial charge in [0.2, 0.25) is 5.91 Å². The van der Waals surface area contributed by atoms with E-state index in [4.69, 9.17) is 16.7 Å². The molecule has 0 aromatic carbocycles. The van der Waals surface area contributed by atoms with Crippen LogP contribution in [0.1, 0.15) is 20.3 Å². The van der Waals surface area contributed by atoms with Gasteiger partial charge in [-0.2, -0.15) is 5.10 Å². The predicted molar refractivity (Wildman–Crippen MR) is 81.6 cm³/mol. The molecule has 0 aliphatic carbocycles. The normalized spacial score (nSPS) is 10.5. The van der Waals surface area contributed by atoms with Crippen molar-refractivity contribution in [2.45, 2.75) is 26.8 Å². The Hall–Kier alpha value is -1.60. The highest BCUT2D eigenvalue weighted by molar-refractivity contribution is 6.32. The van der Waals surface area contributed by atoms with Crippen molar-refractivity contribution in [1.82, 2.24) is 14.7 Å². The van der Waals surface area contributed by atoms with Gasteiger partial charge in [0.05, 0.1) is 25.0 Å². The molecule has 0 unspecified atom stereocenters. The first-order valence-electron chi connectivity index (χ1n) is 6.93. The van der Waals surface area contributed by atoms with Gasteiger partial charge in [-0.1, -0.05) is 11.6 Å². The topological polar surface area (TPSA) is 87.5 Å². The Morgan fingerprint density at radius 3 is 2.71 bits per heavy atom. The number of aliphatic hydroxyl groups is 1. The summed E-state index contributed by atoms with van der Waals surface area (Å²) in [5.41, 5.74) is -0.0750. The quantitative estimate of drug-likeness (QED) is 0.731. The van der Waals surface area contributed by atoms with Gasteiger partial charge in [0.25, 0.3) is 5.56 Å². The number of anilines is 1. The monoisotopic (exact) mass is 316 g/mol. The third-order valence-corrected chi connectivity index (χ3v) is 3.43. The van der Waals surface area contributed by atoms with Crippen molar-refractivity contribution in [2.24, 2.45) is 0 Å². The van der Waals surface area contributed by atoms with Gasteiger partial charge in [-0.15, -0.1) is 0 Å². The first kappa shape index (κ1) is 17.5. The Balaban J connectivity index is 2.63. The Morgan fingerprint density at radius 1 is 1.48 bits per heavy atom. The summed E-state index contributed by atoms with van der Waals surface area (Å²) in [4.78, 5) is 25.4. The van der Waals surface area contributed by atoms with Gasteiger partial charge in [-0.3, -0.25) is 9.59 Å². The van der Waals surface area contributed by atoms with Crippen LogP contribution in [-0.4, -0.2) is 51.9 Å².